The van der Waals surface area contributed by atoms with Crippen LogP contribution < -0.4 is 15.6 Å². The Balaban J connectivity index is 1.77. The SMILES string of the molecule is COc1cc(C)c(S(=O)N(C)CCOCC(=O)N(C)Cc2ccc(C(=O)NNC(=O)OC(C)(C)C)cc2)c(C)c1. The molecule has 0 spiro atoms. The van der Waals surface area contributed by atoms with Gasteiger partial charge >= 0.3 is 6.09 Å². The molecular weight excluding hydrogens is 536 g/mol. The predicted octanol–water partition coefficient (Wildman–Crippen LogP) is 3.11. The summed E-state index contributed by atoms with van der Waals surface area (Å²) in [4.78, 5) is 38.7. The van der Waals surface area contributed by atoms with Crippen molar-refractivity contribution < 1.29 is 32.8 Å². The average Bonchev–Trinajstić information content (AvgIpc) is 2.88. The molecule has 0 aliphatic heterocycles. The van der Waals surface area contributed by atoms with Crippen LogP contribution in [0.1, 0.15) is 47.8 Å². The average molecular weight is 577 g/mol. The summed E-state index contributed by atoms with van der Waals surface area (Å²) in [7, 11) is 3.62. The summed E-state index contributed by atoms with van der Waals surface area (Å²) in [6.07, 6.45) is -0.762. The summed E-state index contributed by atoms with van der Waals surface area (Å²) in [5.74, 6) is 0.00542. The number of hydrogen-bond acceptors (Lipinski definition) is 7. The van der Waals surface area contributed by atoms with Gasteiger partial charge in [-0.3, -0.25) is 15.0 Å². The molecule has 0 fully saturated rings. The highest BCUT2D eigenvalue weighted by atomic mass is 32.2. The second-order valence-corrected chi connectivity index (χ2v) is 11.8. The van der Waals surface area contributed by atoms with Gasteiger partial charge in [-0.05, 0) is 75.6 Å². The van der Waals surface area contributed by atoms with Crippen LogP contribution in [0.3, 0.4) is 0 Å². The van der Waals surface area contributed by atoms with Gasteiger partial charge in [-0.25, -0.2) is 18.7 Å². The number of hydrazine groups is 1. The van der Waals surface area contributed by atoms with E-state index in [1.807, 2.05) is 26.0 Å². The summed E-state index contributed by atoms with van der Waals surface area (Å²) in [5.41, 5.74) is 6.72. The zero-order valence-corrected chi connectivity index (χ0v) is 25.3. The lowest BCUT2D eigenvalue weighted by Crippen LogP contribution is -2.44. The van der Waals surface area contributed by atoms with E-state index in [1.165, 1.54) is 4.90 Å². The molecule has 40 heavy (non-hydrogen) atoms. The van der Waals surface area contributed by atoms with Crippen molar-refractivity contribution in [2.75, 3.05) is 41.0 Å². The van der Waals surface area contributed by atoms with E-state index in [9.17, 15) is 18.6 Å². The number of hydrogen-bond donors (Lipinski definition) is 2. The number of rotatable bonds is 11. The van der Waals surface area contributed by atoms with E-state index in [0.717, 1.165) is 27.3 Å². The van der Waals surface area contributed by atoms with Gasteiger partial charge in [0.1, 0.15) is 28.9 Å². The molecule has 0 bridgehead atoms. The highest BCUT2D eigenvalue weighted by Gasteiger charge is 2.18. The predicted molar refractivity (Wildman–Crippen MR) is 152 cm³/mol. The topological polar surface area (TPSA) is 127 Å². The van der Waals surface area contributed by atoms with Gasteiger partial charge in [0.2, 0.25) is 5.91 Å². The lowest BCUT2D eigenvalue weighted by Gasteiger charge is -2.20. The number of nitrogens with zero attached hydrogens (tertiary/aromatic N) is 2. The van der Waals surface area contributed by atoms with Crippen LogP contribution in [0.4, 0.5) is 4.79 Å². The van der Waals surface area contributed by atoms with Gasteiger partial charge in [0.15, 0.2) is 0 Å². The Bertz CT molecular complexity index is 1190. The maximum atomic E-state index is 13.0. The first-order chi connectivity index (χ1) is 18.7. The number of nitrogens with one attached hydrogen (secondary N) is 2. The number of aryl methyl sites for hydroxylation is 2. The summed E-state index contributed by atoms with van der Waals surface area (Å²) >= 11 is 0. The summed E-state index contributed by atoms with van der Waals surface area (Å²) < 4.78 is 30.6. The van der Waals surface area contributed by atoms with Gasteiger partial charge in [0.25, 0.3) is 5.91 Å². The van der Waals surface area contributed by atoms with Crippen LogP contribution in [0.15, 0.2) is 41.3 Å². The van der Waals surface area contributed by atoms with Crippen LogP contribution in [0.25, 0.3) is 0 Å². The van der Waals surface area contributed by atoms with E-state index in [-0.39, 0.29) is 19.1 Å². The Morgan fingerprint density at radius 1 is 0.975 bits per heavy atom. The molecule has 0 heterocycles. The first-order valence-electron chi connectivity index (χ1n) is 12.7. The van der Waals surface area contributed by atoms with E-state index < -0.39 is 28.6 Å². The van der Waals surface area contributed by atoms with Crippen molar-refractivity contribution in [3.05, 3.63) is 58.7 Å². The molecule has 1 atom stereocenters. The molecule has 0 aromatic heterocycles. The summed E-state index contributed by atoms with van der Waals surface area (Å²) in [6, 6.07) is 10.3. The molecular formula is C28H40N4O7S. The molecule has 1 unspecified atom stereocenters. The van der Waals surface area contributed by atoms with Crippen molar-refractivity contribution in [2.24, 2.45) is 0 Å². The molecule has 2 rings (SSSR count). The van der Waals surface area contributed by atoms with Crippen molar-refractivity contribution in [2.45, 2.75) is 51.7 Å². The molecule has 0 saturated heterocycles. The molecule has 0 aliphatic rings. The van der Waals surface area contributed by atoms with Gasteiger partial charge in [-0.15, -0.1) is 0 Å². The Labute approximate surface area is 238 Å². The smallest absolute Gasteiger partial charge is 0.426 e. The number of amides is 3. The van der Waals surface area contributed by atoms with Gasteiger partial charge < -0.3 is 19.1 Å². The Kier molecular flexibility index (Phi) is 12.1. The first kappa shape index (κ1) is 32.7. The molecule has 2 aromatic rings. The monoisotopic (exact) mass is 576 g/mol. The van der Waals surface area contributed by atoms with E-state index in [0.29, 0.717) is 18.7 Å². The van der Waals surface area contributed by atoms with E-state index in [4.69, 9.17) is 14.2 Å². The van der Waals surface area contributed by atoms with Crippen LogP contribution >= 0.6 is 0 Å². The van der Waals surface area contributed by atoms with Crippen LogP contribution in [0, 0.1) is 13.8 Å². The van der Waals surface area contributed by atoms with E-state index >= 15 is 0 Å². The highest BCUT2D eigenvalue weighted by Crippen LogP contribution is 2.25. The van der Waals surface area contributed by atoms with Gasteiger partial charge in [0.05, 0.1) is 18.6 Å². The fraction of sp³-hybridized carbons (Fsp3) is 0.464. The largest absolute Gasteiger partial charge is 0.497 e. The third-order valence-electron chi connectivity index (χ3n) is 5.64. The minimum atomic E-state index is -1.38. The third kappa shape index (κ3) is 10.2. The molecule has 3 amide bonds. The number of methoxy groups -OCH3 is 1. The van der Waals surface area contributed by atoms with E-state index in [1.54, 1.807) is 70.5 Å². The molecule has 11 nitrogen and oxygen atoms in total. The normalized spacial score (nSPS) is 12.0. The Morgan fingerprint density at radius 3 is 2.12 bits per heavy atom. The molecule has 12 heteroatoms. The molecule has 0 saturated carbocycles. The molecule has 2 N–H and O–H groups in total. The fourth-order valence-corrected chi connectivity index (χ4v) is 4.83. The van der Waals surface area contributed by atoms with Crippen LogP contribution in [0.2, 0.25) is 0 Å². The van der Waals surface area contributed by atoms with Crippen LogP contribution in [-0.4, -0.2) is 77.9 Å². The molecule has 2 aromatic carbocycles. The molecule has 0 aliphatic carbocycles. The maximum absolute atomic E-state index is 13.0. The number of carbonyl (C=O) groups is 3. The van der Waals surface area contributed by atoms with Crippen molar-refractivity contribution in [3.63, 3.8) is 0 Å². The van der Waals surface area contributed by atoms with E-state index in [2.05, 4.69) is 10.9 Å². The number of carbonyl (C=O) groups excluding carboxylic acids is 3. The zero-order valence-electron chi connectivity index (χ0n) is 24.5. The van der Waals surface area contributed by atoms with Gasteiger partial charge in [-0.2, -0.15) is 0 Å². The summed E-state index contributed by atoms with van der Waals surface area (Å²) in [5, 5.41) is 0. The lowest BCUT2D eigenvalue weighted by atomic mass is 10.1. The Morgan fingerprint density at radius 2 is 1.57 bits per heavy atom. The number of benzene rings is 2. The molecule has 0 radical (unpaired) electrons. The Hall–Kier alpha value is -3.48. The van der Waals surface area contributed by atoms with Crippen molar-refractivity contribution >= 4 is 28.9 Å². The van der Waals surface area contributed by atoms with Crippen molar-refractivity contribution in [1.29, 1.82) is 0 Å². The first-order valence-corrected chi connectivity index (χ1v) is 13.8. The minimum absolute atomic E-state index is 0.117. The maximum Gasteiger partial charge on any atom is 0.426 e. The van der Waals surface area contributed by atoms with Crippen LogP contribution in [-0.2, 0) is 31.8 Å². The fourth-order valence-electron chi connectivity index (χ4n) is 3.61. The number of ether oxygens (including phenoxy) is 3. The lowest BCUT2D eigenvalue weighted by molar-refractivity contribution is -0.135. The summed E-state index contributed by atoms with van der Waals surface area (Å²) in [6.45, 7) is 9.76. The quantitative estimate of drug-likeness (QED) is 0.311. The highest BCUT2D eigenvalue weighted by molar-refractivity contribution is 7.82. The zero-order chi connectivity index (χ0) is 30.0. The van der Waals surface area contributed by atoms with Crippen molar-refractivity contribution in [3.8, 4) is 5.75 Å². The second kappa shape index (κ2) is 14.8. The number of likely N-dealkylation sites (N-methyl/N-ethyl adjacent to an activating group) is 2. The standard InChI is InChI=1S/C28H40N4O7S/c1-19-15-23(37-8)16-20(2)25(19)40(36)32(7)13-14-38-18-24(33)31(6)17-21-9-11-22(12-10-21)26(34)29-30-27(35)39-28(3,4)5/h9-12,15-16H,13-14,17-18H2,1-8H3,(H,29,34)(H,30,35). The second-order valence-electron chi connectivity index (χ2n) is 10.3. The third-order valence-corrected chi connectivity index (χ3v) is 7.38. The van der Waals surface area contributed by atoms with Gasteiger partial charge in [0, 0.05) is 32.7 Å². The van der Waals surface area contributed by atoms with Crippen LogP contribution in [0.5, 0.6) is 5.75 Å². The van der Waals surface area contributed by atoms with Crippen molar-refractivity contribution in [1.82, 2.24) is 20.1 Å². The minimum Gasteiger partial charge on any atom is -0.497 e. The van der Waals surface area contributed by atoms with Gasteiger partial charge in [-0.1, -0.05) is 12.1 Å². The molecule has 220 valence electrons.